The van der Waals surface area contributed by atoms with Gasteiger partial charge in [0.15, 0.2) is 0 Å². The van der Waals surface area contributed by atoms with Gasteiger partial charge in [-0.25, -0.2) is 9.78 Å². The average Bonchev–Trinajstić information content (AvgIpc) is 2.78. The molecule has 0 aliphatic heterocycles. The lowest BCUT2D eigenvalue weighted by Crippen LogP contribution is -2.45. The van der Waals surface area contributed by atoms with Crippen LogP contribution in [0.2, 0.25) is 0 Å². The largest absolute Gasteiger partial charge is 0.444 e. The van der Waals surface area contributed by atoms with E-state index in [9.17, 15) is 4.79 Å². The molecule has 1 aromatic heterocycles. The van der Waals surface area contributed by atoms with E-state index in [0.29, 0.717) is 12.5 Å². The second kappa shape index (κ2) is 7.59. The fourth-order valence-electron chi connectivity index (χ4n) is 1.61. The summed E-state index contributed by atoms with van der Waals surface area (Å²) < 4.78 is 5.23. The molecule has 1 unspecified atom stereocenters. The highest BCUT2D eigenvalue weighted by molar-refractivity contribution is 7.09. The van der Waals surface area contributed by atoms with Crippen molar-refractivity contribution >= 4 is 17.4 Å². The molecule has 6 heteroatoms. The topological polar surface area (TPSA) is 63.2 Å². The first-order chi connectivity index (χ1) is 9.28. The van der Waals surface area contributed by atoms with Crippen molar-refractivity contribution < 1.29 is 9.53 Å². The number of aromatic nitrogens is 1. The van der Waals surface area contributed by atoms with E-state index >= 15 is 0 Å². The third kappa shape index (κ3) is 6.86. The minimum absolute atomic E-state index is 0.186. The molecule has 0 spiro atoms. The maximum Gasteiger partial charge on any atom is 0.407 e. The van der Waals surface area contributed by atoms with Gasteiger partial charge in [-0.05, 0) is 26.7 Å². The summed E-state index contributed by atoms with van der Waals surface area (Å²) in [6, 6.07) is 0.186. The van der Waals surface area contributed by atoms with E-state index < -0.39 is 5.60 Å². The fraction of sp³-hybridized carbons (Fsp3) is 0.714. The van der Waals surface area contributed by atoms with E-state index in [-0.39, 0.29) is 12.1 Å². The molecule has 0 aromatic carbocycles. The summed E-state index contributed by atoms with van der Waals surface area (Å²) in [4.78, 5) is 15.9. The molecule has 1 rings (SSSR count). The van der Waals surface area contributed by atoms with Crippen LogP contribution in [0.5, 0.6) is 0 Å². The van der Waals surface area contributed by atoms with Crippen molar-refractivity contribution in [3.63, 3.8) is 0 Å². The van der Waals surface area contributed by atoms with Gasteiger partial charge in [0, 0.05) is 30.7 Å². The van der Waals surface area contributed by atoms with Crippen LogP contribution in [0.3, 0.4) is 0 Å². The second-order valence-corrected chi connectivity index (χ2v) is 7.02. The summed E-state index contributed by atoms with van der Waals surface area (Å²) in [7, 11) is 0. The molecule has 1 heterocycles. The number of thiazole rings is 1. The van der Waals surface area contributed by atoms with E-state index in [1.807, 2.05) is 26.2 Å². The highest BCUT2D eigenvalue weighted by atomic mass is 32.1. The van der Waals surface area contributed by atoms with Crippen molar-refractivity contribution in [2.24, 2.45) is 5.92 Å². The van der Waals surface area contributed by atoms with Crippen molar-refractivity contribution in [3.8, 4) is 0 Å². The first kappa shape index (κ1) is 16.9. The van der Waals surface area contributed by atoms with Crippen molar-refractivity contribution in [1.29, 1.82) is 0 Å². The van der Waals surface area contributed by atoms with E-state index in [1.54, 1.807) is 17.5 Å². The van der Waals surface area contributed by atoms with Gasteiger partial charge in [0.1, 0.15) is 10.6 Å². The molecule has 2 N–H and O–H groups in total. The minimum atomic E-state index is -0.467. The normalized spacial score (nSPS) is 13.3. The van der Waals surface area contributed by atoms with Gasteiger partial charge >= 0.3 is 6.09 Å². The zero-order valence-corrected chi connectivity index (χ0v) is 13.7. The Balaban J connectivity index is 2.37. The number of nitrogens with one attached hydrogen (secondary N) is 2. The third-order valence-electron chi connectivity index (χ3n) is 2.67. The first-order valence-electron chi connectivity index (χ1n) is 6.86. The van der Waals surface area contributed by atoms with E-state index in [2.05, 4.69) is 29.5 Å². The Morgan fingerprint density at radius 2 is 2.15 bits per heavy atom. The number of rotatable bonds is 6. The molecule has 0 saturated heterocycles. The van der Waals surface area contributed by atoms with Gasteiger partial charge in [0.25, 0.3) is 0 Å². The highest BCUT2D eigenvalue weighted by Gasteiger charge is 2.18. The fourth-order valence-corrected chi connectivity index (χ4v) is 2.18. The van der Waals surface area contributed by atoms with Crippen LogP contribution in [-0.4, -0.2) is 29.3 Å². The van der Waals surface area contributed by atoms with Gasteiger partial charge in [-0.15, -0.1) is 11.3 Å². The van der Waals surface area contributed by atoms with Crippen LogP contribution in [0.25, 0.3) is 0 Å². The lowest BCUT2D eigenvalue weighted by Gasteiger charge is -2.24. The molecular weight excluding hydrogens is 274 g/mol. The summed E-state index contributed by atoms with van der Waals surface area (Å²) in [6.07, 6.45) is 1.42. The lowest BCUT2D eigenvalue weighted by molar-refractivity contribution is 0.0519. The van der Waals surface area contributed by atoms with Gasteiger partial charge in [0.2, 0.25) is 0 Å². The summed E-state index contributed by atoms with van der Waals surface area (Å²) >= 11 is 1.62. The SMILES string of the molecule is CC(C)C(CNC(=O)OC(C)(C)C)NCc1nccs1. The second-order valence-electron chi connectivity index (χ2n) is 6.04. The molecule has 114 valence electrons. The number of alkyl carbamates (subject to hydrolysis) is 1. The van der Waals surface area contributed by atoms with Crippen molar-refractivity contribution in [2.75, 3.05) is 6.54 Å². The van der Waals surface area contributed by atoms with Gasteiger partial charge in [-0.1, -0.05) is 13.8 Å². The van der Waals surface area contributed by atoms with E-state index in [0.717, 1.165) is 11.6 Å². The zero-order chi connectivity index (χ0) is 15.2. The molecule has 5 nitrogen and oxygen atoms in total. The molecule has 0 aliphatic carbocycles. The number of amides is 1. The van der Waals surface area contributed by atoms with Gasteiger partial charge in [0.05, 0.1) is 0 Å². The van der Waals surface area contributed by atoms with Gasteiger partial charge in [-0.2, -0.15) is 0 Å². The van der Waals surface area contributed by atoms with Crippen LogP contribution < -0.4 is 10.6 Å². The molecule has 1 aromatic rings. The molecule has 1 atom stereocenters. The quantitative estimate of drug-likeness (QED) is 0.848. The Bertz CT molecular complexity index is 399. The summed E-state index contributed by atoms with van der Waals surface area (Å²) in [5.74, 6) is 0.407. The first-order valence-corrected chi connectivity index (χ1v) is 7.74. The zero-order valence-electron chi connectivity index (χ0n) is 12.9. The number of ether oxygens (including phenoxy) is 1. The number of carbonyl (C=O) groups excluding carboxylic acids is 1. The molecule has 1 amide bonds. The van der Waals surface area contributed by atoms with Crippen LogP contribution in [-0.2, 0) is 11.3 Å². The number of carbonyl (C=O) groups is 1. The molecule has 0 saturated carbocycles. The predicted molar refractivity (Wildman–Crippen MR) is 81.8 cm³/mol. The lowest BCUT2D eigenvalue weighted by atomic mass is 10.0. The van der Waals surface area contributed by atoms with Crippen LogP contribution in [0.15, 0.2) is 11.6 Å². The van der Waals surface area contributed by atoms with Crippen molar-refractivity contribution in [1.82, 2.24) is 15.6 Å². The highest BCUT2D eigenvalue weighted by Crippen LogP contribution is 2.08. The molecule has 20 heavy (non-hydrogen) atoms. The third-order valence-corrected chi connectivity index (χ3v) is 3.45. The Kier molecular flexibility index (Phi) is 6.42. The van der Waals surface area contributed by atoms with Crippen molar-refractivity contribution in [2.45, 2.75) is 52.8 Å². The maximum atomic E-state index is 11.6. The molecular formula is C14H25N3O2S. The maximum absolute atomic E-state index is 11.6. The number of hydrogen-bond donors (Lipinski definition) is 2. The van der Waals surface area contributed by atoms with Crippen LogP contribution in [0.1, 0.15) is 39.6 Å². The minimum Gasteiger partial charge on any atom is -0.444 e. The Hall–Kier alpha value is -1.14. The summed E-state index contributed by atoms with van der Waals surface area (Å²) in [5.41, 5.74) is -0.467. The molecule has 0 radical (unpaired) electrons. The van der Waals surface area contributed by atoms with E-state index in [1.165, 1.54) is 0 Å². The molecule has 0 bridgehead atoms. The van der Waals surface area contributed by atoms with Crippen LogP contribution in [0, 0.1) is 5.92 Å². The van der Waals surface area contributed by atoms with Gasteiger partial charge in [-0.3, -0.25) is 0 Å². The molecule has 0 fully saturated rings. The smallest absolute Gasteiger partial charge is 0.407 e. The predicted octanol–water partition coefficient (Wildman–Crippen LogP) is 2.78. The van der Waals surface area contributed by atoms with E-state index in [4.69, 9.17) is 4.74 Å². The Labute approximate surface area is 125 Å². The monoisotopic (exact) mass is 299 g/mol. The number of nitrogens with zero attached hydrogens (tertiary/aromatic N) is 1. The Morgan fingerprint density at radius 3 is 2.65 bits per heavy atom. The van der Waals surface area contributed by atoms with Crippen molar-refractivity contribution in [3.05, 3.63) is 16.6 Å². The van der Waals surface area contributed by atoms with Crippen LogP contribution >= 0.6 is 11.3 Å². The average molecular weight is 299 g/mol. The number of hydrogen-bond acceptors (Lipinski definition) is 5. The summed E-state index contributed by atoms with van der Waals surface area (Å²) in [5, 5.41) is 9.24. The summed E-state index contributed by atoms with van der Waals surface area (Å²) in [6.45, 7) is 11.1. The standard InChI is InChI=1S/C14H25N3O2S/c1-10(2)11(16-9-12-15-6-7-20-12)8-17-13(18)19-14(3,4)5/h6-7,10-11,16H,8-9H2,1-5H3,(H,17,18). The Morgan fingerprint density at radius 1 is 1.45 bits per heavy atom. The molecule has 0 aliphatic rings. The van der Waals surface area contributed by atoms with Crippen LogP contribution in [0.4, 0.5) is 4.79 Å². The van der Waals surface area contributed by atoms with Gasteiger partial charge < -0.3 is 15.4 Å².